The summed E-state index contributed by atoms with van der Waals surface area (Å²) in [5.74, 6) is 0.0512. The normalized spacial score (nSPS) is 13.5. The van der Waals surface area contributed by atoms with Crippen molar-refractivity contribution in [2.45, 2.75) is 92.4 Å². The molecule has 3 aromatic rings. The van der Waals surface area contributed by atoms with Crippen LogP contribution in [0, 0.1) is 38.0 Å². The predicted octanol–water partition coefficient (Wildman–Crippen LogP) is 5.11. The molecule has 264 valence electrons. The van der Waals surface area contributed by atoms with Crippen LogP contribution in [-0.4, -0.2) is 68.8 Å². The van der Waals surface area contributed by atoms with Gasteiger partial charge in [0.25, 0.3) is 0 Å². The van der Waals surface area contributed by atoms with Gasteiger partial charge in [0.15, 0.2) is 23.1 Å². The third-order valence-electron chi connectivity index (χ3n) is 7.79. The van der Waals surface area contributed by atoms with Crippen LogP contribution in [0.4, 0.5) is 5.82 Å². The van der Waals surface area contributed by atoms with E-state index in [1.807, 2.05) is 33.8 Å². The fraction of sp³-hybridized carbons (Fsp3) is 0.514. The molecule has 0 spiro atoms. The number of nitrogens with one attached hydrogen (secondary N) is 1. The number of fused-ring (bicyclic) bond motifs is 1. The van der Waals surface area contributed by atoms with E-state index in [0.29, 0.717) is 5.75 Å². The predicted molar refractivity (Wildman–Crippen MR) is 183 cm³/mol. The van der Waals surface area contributed by atoms with E-state index in [0.717, 1.165) is 16.7 Å². The average molecular weight is 698 g/mol. The number of rotatable bonds is 14. The summed E-state index contributed by atoms with van der Waals surface area (Å²) < 4.78 is 24.0. The van der Waals surface area contributed by atoms with Gasteiger partial charge in [-0.2, -0.15) is 9.97 Å². The third kappa shape index (κ3) is 9.33. The average Bonchev–Trinajstić information content (AvgIpc) is 3.38. The maximum Gasteiger partial charge on any atom is 0.308 e. The number of nitrogens with zero attached hydrogens (tertiary/aromatic N) is 4. The molecule has 0 saturated carbocycles. The van der Waals surface area contributed by atoms with Gasteiger partial charge in [-0.15, -0.1) is 6.42 Å². The lowest BCUT2D eigenvalue weighted by molar-refractivity contribution is -0.178. The zero-order valence-electron chi connectivity index (χ0n) is 29.6. The number of methoxy groups -OCH3 is 1. The minimum Gasteiger partial charge on any atom is -0.461 e. The Morgan fingerprint density at radius 2 is 1.71 bits per heavy atom. The summed E-state index contributed by atoms with van der Waals surface area (Å²) in [5.41, 5.74) is 0.451. The number of carbonyl (C=O) groups excluding carboxylic acids is 4. The summed E-state index contributed by atoms with van der Waals surface area (Å²) in [6.45, 7) is 15.0. The van der Waals surface area contributed by atoms with Crippen LogP contribution < -0.4 is 10.1 Å². The second-order valence-electron chi connectivity index (χ2n) is 13.1. The van der Waals surface area contributed by atoms with Crippen molar-refractivity contribution < 1.29 is 38.1 Å². The maximum absolute atomic E-state index is 13.5. The van der Waals surface area contributed by atoms with Crippen molar-refractivity contribution in [2.24, 2.45) is 11.8 Å². The van der Waals surface area contributed by atoms with Gasteiger partial charge in [-0.25, -0.2) is 4.98 Å². The summed E-state index contributed by atoms with van der Waals surface area (Å²) in [7, 11) is 1.33. The first-order valence-electron chi connectivity index (χ1n) is 15.7. The first kappa shape index (κ1) is 38.9. The third-order valence-corrected chi connectivity index (χ3v) is 7.96. The second kappa shape index (κ2) is 15.8. The van der Waals surface area contributed by atoms with Crippen LogP contribution >= 0.6 is 11.6 Å². The van der Waals surface area contributed by atoms with Crippen molar-refractivity contribution in [3.8, 4) is 18.1 Å². The van der Waals surface area contributed by atoms with Gasteiger partial charge in [-0.1, -0.05) is 53.5 Å². The number of amides is 1. The number of aryl methyl sites for hydroxylation is 2. The SMILES string of the molecule is C#CC(COC(=O)C(C)C)(OC)[C@H](Cn1cnc2c(NC(=O)CC(C)(C)c3c(C)cc(C)cc3OC(C)=O)nc(Cl)nc21)OC(=O)C(C)C. The molecule has 1 aromatic carbocycles. The van der Waals surface area contributed by atoms with Crippen molar-refractivity contribution in [3.05, 3.63) is 40.4 Å². The molecule has 0 aliphatic rings. The Hall–Kier alpha value is -4.54. The minimum atomic E-state index is -1.68. The number of halogens is 1. The Bertz CT molecular complexity index is 1780. The van der Waals surface area contributed by atoms with Crippen LogP contribution in [-0.2, 0) is 45.3 Å². The van der Waals surface area contributed by atoms with Crippen molar-refractivity contribution in [2.75, 3.05) is 19.0 Å². The second-order valence-corrected chi connectivity index (χ2v) is 13.5. The molecule has 3 rings (SSSR count). The van der Waals surface area contributed by atoms with Gasteiger partial charge in [0, 0.05) is 31.4 Å². The fourth-order valence-corrected chi connectivity index (χ4v) is 5.56. The van der Waals surface area contributed by atoms with E-state index < -0.39 is 59.4 Å². The smallest absolute Gasteiger partial charge is 0.308 e. The van der Waals surface area contributed by atoms with Gasteiger partial charge in [0.2, 0.25) is 16.8 Å². The van der Waals surface area contributed by atoms with E-state index in [4.69, 9.17) is 37.0 Å². The summed E-state index contributed by atoms with van der Waals surface area (Å²) >= 11 is 6.33. The molecule has 1 amide bonds. The van der Waals surface area contributed by atoms with Gasteiger partial charge >= 0.3 is 17.9 Å². The highest BCUT2D eigenvalue weighted by Gasteiger charge is 2.43. The summed E-state index contributed by atoms with van der Waals surface area (Å²) in [4.78, 5) is 63.5. The number of ether oxygens (including phenoxy) is 4. The molecule has 0 aliphatic heterocycles. The first-order valence-corrected chi connectivity index (χ1v) is 16.1. The zero-order chi connectivity index (χ0) is 36.8. The maximum atomic E-state index is 13.5. The number of carbonyl (C=O) groups is 4. The Labute approximate surface area is 291 Å². The number of hydrogen-bond donors (Lipinski definition) is 1. The Morgan fingerprint density at radius 3 is 2.29 bits per heavy atom. The molecule has 13 nitrogen and oxygen atoms in total. The molecule has 0 saturated heterocycles. The van der Waals surface area contributed by atoms with Crippen molar-refractivity contribution >= 4 is 52.4 Å². The molecule has 2 atom stereocenters. The quantitative estimate of drug-likeness (QED) is 0.103. The number of anilines is 1. The number of hydrogen-bond acceptors (Lipinski definition) is 11. The molecule has 49 heavy (non-hydrogen) atoms. The molecule has 2 aromatic heterocycles. The summed E-state index contributed by atoms with van der Waals surface area (Å²) in [6.07, 6.45) is 6.13. The molecule has 0 fully saturated rings. The highest BCUT2D eigenvalue weighted by atomic mass is 35.5. The van der Waals surface area contributed by atoms with Crippen molar-refractivity contribution in [1.82, 2.24) is 19.5 Å². The van der Waals surface area contributed by atoms with Gasteiger partial charge in [0.05, 0.1) is 24.7 Å². The fourth-order valence-electron chi connectivity index (χ4n) is 5.39. The highest BCUT2D eigenvalue weighted by molar-refractivity contribution is 6.28. The largest absolute Gasteiger partial charge is 0.461 e. The lowest BCUT2D eigenvalue weighted by atomic mass is 9.78. The van der Waals surface area contributed by atoms with E-state index in [9.17, 15) is 19.2 Å². The molecule has 14 heteroatoms. The summed E-state index contributed by atoms with van der Waals surface area (Å²) in [6, 6.07) is 3.73. The topological polar surface area (TPSA) is 161 Å². The molecule has 1 N–H and O–H groups in total. The van der Waals surface area contributed by atoms with Crippen molar-refractivity contribution in [1.29, 1.82) is 0 Å². The number of aromatic nitrogens is 4. The van der Waals surface area contributed by atoms with Crippen LogP contribution in [0.15, 0.2) is 18.5 Å². The molecule has 2 heterocycles. The molecular weight excluding hydrogens is 654 g/mol. The van der Waals surface area contributed by atoms with E-state index in [1.165, 1.54) is 24.9 Å². The Kier molecular flexibility index (Phi) is 12.5. The van der Waals surface area contributed by atoms with Crippen LogP contribution in [0.2, 0.25) is 5.28 Å². The molecule has 0 radical (unpaired) electrons. The van der Waals surface area contributed by atoms with Crippen LogP contribution in [0.3, 0.4) is 0 Å². The van der Waals surface area contributed by atoms with Gasteiger partial charge in [-0.3, -0.25) is 19.2 Å². The monoisotopic (exact) mass is 697 g/mol. The zero-order valence-corrected chi connectivity index (χ0v) is 30.4. The molecular formula is C35H44ClN5O8. The molecule has 0 aliphatic carbocycles. The molecule has 0 bridgehead atoms. The van der Waals surface area contributed by atoms with E-state index in [1.54, 1.807) is 33.8 Å². The van der Waals surface area contributed by atoms with Crippen LogP contribution in [0.1, 0.15) is 71.6 Å². The Balaban J connectivity index is 1.98. The Morgan fingerprint density at radius 1 is 1.06 bits per heavy atom. The van der Waals surface area contributed by atoms with Gasteiger partial charge < -0.3 is 28.8 Å². The van der Waals surface area contributed by atoms with E-state index in [-0.39, 0.29) is 35.2 Å². The van der Waals surface area contributed by atoms with E-state index >= 15 is 0 Å². The molecule has 1 unspecified atom stereocenters. The van der Waals surface area contributed by atoms with Gasteiger partial charge in [0.1, 0.15) is 12.4 Å². The number of esters is 3. The number of imidazole rings is 1. The number of terminal acetylenes is 1. The van der Waals surface area contributed by atoms with Crippen LogP contribution in [0.25, 0.3) is 11.2 Å². The first-order chi connectivity index (χ1) is 22.8. The summed E-state index contributed by atoms with van der Waals surface area (Å²) in [5, 5.41) is 2.61. The standard InChI is InChI=1S/C35H44ClN5O8/c1-12-35(46-11,17-47-31(44)19(2)3)25(49-32(45)20(4)5)16-41-18-37-28-29(39-33(36)40-30(28)41)38-26(43)15-34(9,10)27-22(7)13-21(6)14-24(27)48-23(8)42/h1,13-14,18-20,25H,15-17H2,2-11H3,(H,38,39,40,43)/t25-,35?/m0/s1. The van der Waals surface area contributed by atoms with E-state index in [2.05, 4.69) is 26.2 Å². The lowest BCUT2D eigenvalue weighted by Gasteiger charge is -2.35. The van der Waals surface area contributed by atoms with Crippen LogP contribution in [0.5, 0.6) is 5.75 Å². The van der Waals surface area contributed by atoms with Gasteiger partial charge in [-0.05, 0) is 42.6 Å². The minimum absolute atomic E-state index is 0.0180. The lowest BCUT2D eigenvalue weighted by Crippen LogP contribution is -2.52. The highest BCUT2D eigenvalue weighted by Crippen LogP contribution is 2.38. The van der Waals surface area contributed by atoms with Crippen molar-refractivity contribution in [3.63, 3.8) is 0 Å². The number of benzene rings is 1.